The van der Waals surface area contributed by atoms with Gasteiger partial charge in [0.25, 0.3) is 5.69 Å². The summed E-state index contributed by atoms with van der Waals surface area (Å²) in [6, 6.07) is 4.93. The molecule has 1 unspecified atom stereocenters. The van der Waals surface area contributed by atoms with E-state index in [-0.39, 0.29) is 17.0 Å². The fourth-order valence-electron chi connectivity index (χ4n) is 2.81. The van der Waals surface area contributed by atoms with Crippen molar-refractivity contribution in [1.29, 1.82) is 0 Å². The zero-order valence-electron chi connectivity index (χ0n) is 11.0. The second-order valence-corrected chi connectivity index (χ2v) is 6.03. The smallest absolute Gasteiger partial charge is 0.280 e. The Labute approximate surface area is 124 Å². The summed E-state index contributed by atoms with van der Waals surface area (Å²) in [6.07, 6.45) is 2.45. The molecule has 0 N–H and O–H groups in total. The zero-order chi connectivity index (χ0) is 15.0. The third-order valence-electron chi connectivity index (χ3n) is 3.79. The highest BCUT2D eigenvalue weighted by Gasteiger charge is 2.32. The molecule has 0 radical (unpaired) electrons. The lowest BCUT2D eigenvalue weighted by atomic mass is 9.82. The normalized spacial score (nSPS) is 17.3. The van der Waals surface area contributed by atoms with Gasteiger partial charge in [-0.15, -0.1) is 11.3 Å². The Hall–Kier alpha value is -2.08. The highest BCUT2D eigenvalue weighted by molar-refractivity contribution is 7.10. The van der Waals surface area contributed by atoms with Crippen LogP contribution in [0.15, 0.2) is 29.6 Å². The van der Waals surface area contributed by atoms with Crippen molar-refractivity contribution in [3.8, 4) is 0 Å². The molecular weight excluding hydrogens is 293 g/mol. The van der Waals surface area contributed by atoms with Crippen molar-refractivity contribution in [2.45, 2.75) is 25.2 Å². The quantitative estimate of drug-likeness (QED) is 0.487. The van der Waals surface area contributed by atoms with Gasteiger partial charge in [-0.2, -0.15) is 0 Å². The van der Waals surface area contributed by atoms with Gasteiger partial charge in [0, 0.05) is 16.9 Å². The van der Waals surface area contributed by atoms with E-state index in [0.717, 1.165) is 41.5 Å². The van der Waals surface area contributed by atoms with Gasteiger partial charge in [0.1, 0.15) is 5.82 Å². The number of hydrogen-bond acceptors (Lipinski definition) is 4. The van der Waals surface area contributed by atoms with E-state index in [4.69, 9.17) is 0 Å². The van der Waals surface area contributed by atoms with E-state index in [1.807, 2.05) is 11.4 Å². The van der Waals surface area contributed by atoms with Crippen LogP contribution in [0.5, 0.6) is 0 Å². The van der Waals surface area contributed by atoms with E-state index in [1.165, 1.54) is 0 Å². The van der Waals surface area contributed by atoms with Gasteiger partial charge in [0.2, 0.25) is 0 Å². The number of carbonyl (C=O) groups is 1. The lowest BCUT2D eigenvalue weighted by Gasteiger charge is -2.21. The SMILES string of the molecule is O=C(c1cc(F)ccc1[N+](=O)[O-])C1CCCc2sccc21. The Morgan fingerprint density at radius 2 is 2.19 bits per heavy atom. The van der Waals surface area contributed by atoms with Gasteiger partial charge in [0.15, 0.2) is 5.78 Å². The van der Waals surface area contributed by atoms with Crippen LogP contribution in [-0.4, -0.2) is 10.7 Å². The average Bonchev–Trinajstić information content (AvgIpc) is 2.94. The molecular formula is C15H12FNO3S. The van der Waals surface area contributed by atoms with E-state index >= 15 is 0 Å². The van der Waals surface area contributed by atoms with Gasteiger partial charge in [-0.05, 0) is 48.4 Å². The van der Waals surface area contributed by atoms with Crippen molar-refractivity contribution in [2.75, 3.05) is 0 Å². The predicted octanol–water partition coefficient (Wildman–Crippen LogP) is 4.10. The van der Waals surface area contributed by atoms with Crippen molar-refractivity contribution in [3.05, 3.63) is 61.6 Å². The van der Waals surface area contributed by atoms with Gasteiger partial charge < -0.3 is 0 Å². The molecule has 1 aromatic heterocycles. The number of fused-ring (bicyclic) bond motifs is 1. The fraction of sp³-hybridized carbons (Fsp3) is 0.267. The van der Waals surface area contributed by atoms with E-state index in [1.54, 1.807) is 11.3 Å². The van der Waals surface area contributed by atoms with Gasteiger partial charge in [-0.1, -0.05) is 0 Å². The minimum atomic E-state index is -0.635. The number of nitro benzene ring substituents is 1. The largest absolute Gasteiger partial charge is 0.293 e. The number of benzene rings is 1. The third-order valence-corrected chi connectivity index (χ3v) is 4.79. The molecule has 0 fully saturated rings. The first-order valence-electron chi connectivity index (χ1n) is 6.62. The molecule has 0 bridgehead atoms. The highest BCUT2D eigenvalue weighted by Crippen LogP contribution is 2.38. The van der Waals surface area contributed by atoms with Crippen LogP contribution in [0.3, 0.4) is 0 Å². The Bertz CT molecular complexity index is 725. The summed E-state index contributed by atoms with van der Waals surface area (Å²) in [5.74, 6) is -1.40. The molecule has 3 rings (SSSR count). The molecule has 0 saturated heterocycles. The molecule has 6 heteroatoms. The summed E-state index contributed by atoms with van der Waals surface area (Å²) in [4.78, 5) is 24.2. The number of hydrogen-bond donors (Lipinski definition) is 0. The standard InChI is InChI=1S/C15H12FNO3S/c16-9-4-5-13(17(19)20)12(8-9)15(18)11-2-1-3-14-10(11)6-7-21-14/h4-8,11H,1-3H2. The second kappa shape index (κ2) is 5.37. The Balaban J connectivity index is 2.05. The number of ketones is 1. The Morgan fingerprint density at radius 1 is 1.38 bits per heavy atom. The molecule has 0 amide bonds. The van der Waals surface area contributed by atoms with Crippen molar-refractivity contribution in [1.82, 2.24) is 0 Å². The first-order chi connectivity index (χ1) is 10.1. The lowest BCUT2D eigenvalue weighted by molar-refractivity contribution is -0.385. The molecule has 1 aliphatic carbocycles. The number of halogens is 1. The van der Waals surface area contributed by atoms with Crippen molar-refractivity contribution >= 4 is 22.8 Å². The summed E-state index contributed by atoms with van der Waals surface area (Å²) in [6.45, 7) is 0. The summed E-state index contributed by atoms with van der Waals surface area (Å²) >= 11 is 1.60. The fourth-order valence-corrected chi connectivity index (χ4v) is 3.80. The lowest BCUT2D eigenvalue weighted by Crippen LogP contribution is -2.18. The van der Waals surface area contributed by atoms with Crippen molar-refractivity contribution in [3.63, 3.8) is 0 Å². The van der Waals surface area contributed by atoms with Crippen molar-refractivity contribution in [2.24, 2.45) is 0 Å². The van der Waals surface area contributed by atoms with Gasteiger partial charge in [-0.25, -0.2) is 4.39 Å². The molecule has 4 nitrogen and oxygen atoms in total. The highest BCUT2D eigenvalue weighted by atomic mass is 32.1. The molecule has 108 valence electrons. The van der Waals surface area contributed by atoms with Crippen LogP contribution < -0.4 is 0 Å². The first-order valence-corrected chi connectivity index (χ1v) is 7.50. The number of Topliss-reactive ketones (excluding diaryl/α,β-unsaturated/α-hetero) is 1. The van der Waals surface area contributed by atoms with E-state index < -0.39 is 16.7 Å². The monoisotopic (exact) mass is 305 g/mol. The summed E-state index contributed by atoms with van der Waals surface area (Å²) < 4.78 is 13.4. The third kappa shape index (κ3) is 2.47. The molecule has 0 spiro atoms. The molecule has 0 saturated carbocycles. The van der Waals surface area contributed by atoms with E-state index in [0.29, 0.717) is 6.42 Å². The van der Waals surface area contributed by atoms with Crippen LogP contribution in [0.2, 0.25) is 0 Å². The van der Waals surface area contributed by atoms with Crippen LogP contribution in [0.4, 0.5) is 10.1 Å². The van der Waals surface area contributed by atoms with Gasteiger partial charge >= 0.3 is 0 Å². The molecule has 21 heavy (non-hydrogen) atoms. The van der Waals surface area contributed by atoms with Crippen LogP contribution in [0.1, 0.15) is 39.6 Å². The summed E-state index contributed by atoms with van der Waals surface area (Å²) in [5, 5.41) is 13.0. The number of rotatable bonds is 3. The maximum absolute atomic E-state index is 13.4. The number of aryl methyl sites for hydroxylation is 1. The predicted molar refractivity (Wildman–Crippen MR) is 77.4 cm³/mol. The molecule has 1 aliphatic rings. The van der Waals surface area contributed by atoms with E-state index in [2.05, 4.69) is 0 Å². The summed E-state index contributed by atoms with van der Waals surface area (Å²) in [5.41, 5.74) is 0.475. The van der Waals surface area contributed by atoms with Gasteiger partial charge in [-0.3, -0.25) is 14.9 Å². The zero-order valence-corrected chi connectivity index (χ0v) is 11.9. The van der Waals surface area contributed by atoms with Crippen LogP contribution >= 0.6 is 11.3 Å². The average molecular weight is 305 g/mol. The minimum absolute atomic E-state index is 0.135. The second-order valence-electron chi connectivity index (χ2n) is 5.03. The van der Waals surface area contributed by atoms with Crippen molar-refractivity contribution < 1.29 is 14.1 Å². The van der Waals surface area contributed by atoms with Gasteiger partial charge in [0.05, 0.1) is 10.5 Å². The molecule has 0 aliphatic heterocycles. The van der Waals surface area contributed by atoms with E-state index in [9.17, 15) is 19.3 Å². The molecule has 1 heterocycles. The molecule has 1 atom stereocenters. The molecule has 2 aromatic rings. The summed E-state index contributed by atoms with van der Waals surface area (Å²) in [7, 11) is 0. The molecule has 1 aromatic carbocycles. The maximum atomic E-state index is 13.4. The Morgan fingerprint density at radius 3 is 2.95 bits per heavy atom. The number of nitro groups is 1. The van der Waals surface area contributed by atoms with Crippen LogP contribution in [-0.2, 0) is 6.42 Å². The van der Waals surface area contributed by atoms with Crippen LogP contribution in [0, 0.1) is 15.9 Å². The number of thiophene rings is 1. The number of nitrogens with zero attached hydrogens (tertiary/aromatic N) is 1. The maximum Gasteiger partial charge on any atom is 0.280 e. The topological polar surface area (TPSA) is 60.2 Å². The minimum Gasteiger partial charge on any atom is -0.293 e. The number of carbonyl (C=O) groups excluding carboxylic acids is 1. The van der Waals surface area contributed by atoms with Crippen LogP contribution in [0.25, 0.3) is 0 Å². The Kier molecular flexibility index (Phi) is 3.55. The first kappa shape index (κ1) is 13.9.